The molecular formula is C23H30O4. The molecule has 3 saturated carbocycles. The van der Waals surface area contributed by atoms with Crippen molar-refractivity contribution in [1.82, 2.24) is 0 Å². The summed E-state index contributed by atoms with van der Waals surface area (Å²) >= 11 is 0. The number of carbonyl (C=O) groups excluding carboxylic acids is 2. The second-order valence-electron chi connectivity index (χ2n) is 10.0. The fourth-order valence-electron chi connectivity index (χ4n) is 7.15. The maximum absolute atomic E-state index is 12.3. The van der Waals surface area contributed by atoms with Gasteiger partial charge >= 0.3 is 5.97 Å². The smallest absolute Gasteiger partial charge is 0.337 e. The van der Waals surface area contributed by atoms with E-state index in [-0.39, 0.29) is 34.8 Å². The monoisotopic (exact) mass is 370 g/mol. The van der Waals surface area contributed by atoms with E-state index in [2.05, 4.69) is 26.8 Å². The summed E-state index contributed by atoms with van der Waals surface area (Å²) in [5.74, 6) is 2.21. The van der Waals surface area contributed by atoms with Crippen LogP contribution in [0.15, 0.2) is 23.8 Å². The Bertz CT molecular complexity index is 747. The molecule has 5 aliphatic rings. The largest absolute Gasteiger partial charge is 0.460 e. The predicted octanol–water partition coefficient (Wildman–Crippen LogP) is 3.85. The van der Waals surface area contributed by atoms with Gasteiger partial charge in [0.25, 0.3) is 0 Å². The van der Waals surface area contributed by atoms with Crippen LogP contribution in [0, 0.1) is 34.5 Å². The Morgan fingerprint density at radius 3 is 2.78 bits per heavy atom. The molecule has 0 bridgehead atoms. The van der Waals surface area contributed by atoms with Gasteiger partial charge in [-0.05, 0) is 67.9 Å². The first-order valence-corrected chi connectivity index (χ1v) is 10.6. The third kappa shape index (κ3) is 2.52. The number of allylic oxidation sites excluding steroid dienone is 4. The number of fused-ring (bicyclic) bond motifs is 5. The van der Waals surface area contributed by atoms with Gasteiger partial charge < -0.3 is 9.47 Å². The van der Waals surface area contributed by atoms with E-state index in [4.69, 9.17) is 9.47 Å². The first-order chi connectivity index (χ1) is 12.8. The second-order valence-corrected chi connectivity index (χ2v) is 10.0. The normalized spacial score (nSPS) is 50.3. The van der Waals surface area contributed by atoms with Gasteiger partial charge in [-0.2, -0.15) is 0 Å². The van der Waals surface area contributed by atoms with E-state index in [0.29, 0.717) is 30.3 Å². The van der Waals surface area contributed by atoms with Gasteiger partial charge in [-0.3, -0.25) is 4.79 Å². The van der Waals surface area contributed by atoms with Crippen LogP contribution in [0.4, 0.5) is 0 Å². The summed E-state index contributed by atoms with van der Waals surface area (Å²) in [6.45, 7) is 7.46. The fraction of sp³-hybridized carbons (Fsp3) is 0.739. The summed E-state index contributed by atoms with van der Waals surface area (Å²) in [6.07, 6.45) is 11.1. The van der Waals surface area contributed by atoms with Gasteiger partial charge in [0.1, 0.15) is 6.10 Å². The van der Waals surface area contributed by atoms with E-state index in [0.717, 1.165) is 32.1 Å². The van der Waals surface area contributed by atoms with E-state index in [1.165, 1.54) is 5.57 Å². The molecule has 4 heteroatoms. The molecule has 1 aliphatic heterocycles. The van der Waals surface area contributed by atoms with Crippen molar-refractivity contribution < 1.29 is 19.1 Å². The quantitative estimate of drug-likeness (QED) is 0.547. The molecule has 0 aromatic heterocycles. The Kier molecular flexibility index (Phi) is 3.79. The zero-order valence-electron chi connectivity index (χ0n) is 16.6. The first-order valence-electron chi connectivity index (χ1n) is 10.6. The highest BCUT2D eigenvalue weighted by molar-refractivity contribution is 6.01. The van der Waals surface area contributed by atoms with Gasteiger partial charge in [0.2, 0.25) is 0 Å². The average molecular weight is 370 g/mol. The Hall–Kier alpha value is -1.42. The van der Waals surface area contributed by atoms with Gasteiger partial charge in [-0.25, -0.2) is 4.79 Å². The molecule has 1 unspecified atom stereocenters. The summed E-state index contributed by atoms with van der Waals surface area (Å²) in [6, 6.07) is 0. The minimum absolute atomic E-state index is 0.00775. The van der Waals surface area contributed by atoms with Crippen molar-refractivity contribution in [1.29, 1.82) is 0 Å². The van der Waals surface area contributed by atoms with Gasteiger partial charge in [-0.15, -0.1) is 0 Å². The Balaban J connectivity index is 1.42. The van der Waals surface area contributed by atoms with Crippen LogP contribution < -0.4 is 0 Å². The number of esters is 1. The molecule has 1 heterocycles. The molecule has 4 fully saturated rings. The lowest BCUT2D eigenvalue weighted by Crippen LogP contribution is -2.51. The summed E-state index contributed by atoms with van der Waals surface area (Å²) in [7, 11) is 0. The minimum Gasteiger partial charge on any atom is -0.460 e. The van der Waals surface area contributed by atoms with Crippen molar-refractivity contribution in [2.45, 2.75) is 65.1 Å². The number of carbonyl (C=O) groups is 2. The molecule has 4 nitrogen and oxygen atoms in total. The van der Waals surface area contributed by atoms with Crippen molar-refractivity contribution in [3.63, 3.8) is 0 Å². The lowest BCUT2D eigenvalue weighted by molar-refractivity contribution is -0.163. The van der Waals surface area contributed by atoms with E-state index >= 15 is 0 Å². The number of rotatable bonds is 2. The highest BCUT2D eigenvalue weighted by Crippen LogP contribution is 2.65. The SMILES string of the molecule is C[C@@H]1C[C@H]2[C@@H]3CCC4=CC(=O)C=C[C@]4(C)[C@H]3CC[C@]2(C)[C@@H]1OC(=O)C1CO1. The molecule has 5 rings (SSSR count). The highest BCUT2D eigenvalue weighted by Gasteiger charge is 2.61. The van der Waals surface area contributed by atoms with Crippen LogP contribution in [-0.4, -0.2) is 30.6 Å². The zero-order valence-corrected chi connectivity index (χ0v) is 16.6. The molecule has 0 spiro atoms. The van der Waals surface area contributed by atoms with Gasteiger partial charge in [0, 0.05) is 10.8 Å². The molecule has 27 heavy (non-hydrogen) atoms. The molecule has 1 saturated heterocycles. The van der Waals surface area contributed by atoms with E-state index < -0.39 is 0 Å². The lowest BCUT2D eigenvalue weighted by Gasteiger charge is -2.56. The summed E-state index contributed by atoms with van der Waals surface area (Å²) in [4.78, 5) is 24.2. The maximum Gasteiger partial charge on any atom is 0.337 e. The van der Waals surface area contributed by atoms with Crippen LogP contribution in [0.25, 0.3) is 0 Å². The third-order valence-electron chi connectivity index (χ3n) is 8.63. The number of hydrogen-bond acceptors (Lipinski definition) is 4. The predicted molar refractivity (Wildman–Crippen MR) is 101 cm³/mol. The lowest BCUT2D eigenvalue weighted by atomic mass is 9.48. The molecule has 0 aromatic rings. The number of epoxide rings is 1. The molecule has 146 valence electrons. The Labute approximate surface area is 161 Å². The van der Waals surface area contributed by atoms with Gasteiger partial charge in [0.05, 0.1) is 6.61 Å². The van der Waals surface area contributed by atoms with Gasteiger partial charge in [0.15, 0.2) is 11.9 Å². The topological polar surface area (TPSA) is 55.9 Å². The molecule has 8 atom stereocenters. The van der Waals surface area contributed by atoms with Crippen molar-refractivity contribution in [2.24, 2.45) is 34.5 Å². The van der Waals surface area contributed by atoms with E-state index in [9.17, 15) is 9.59 Å². The van der Waals surface area contributed by atoms with Crippen molar-refractivity contribution in [2.75, 3.05) is 6.61 Å². The minimum atomic E-state index is -0.317. The van der Waals surface area contributed by atoms with Crippen LogP contribution in [0.3, 0.4) is 0 Å². The summed E-state index contributed by atoms with van der Waals surface area (Å²) in [5.41, 5.74) is 1.43. The highest BCUT2D eigenvalue weighted by atomic mass is 16.6. The van der Waals surface area contributed by atoms with Crippen LogP contribution in [-0.2, 0) is 19.1 Å². The van der Waals surface area contributed by atoms with Crippen molar-refractivity contribution in [3.05, 3.63) is 23.8 Å². The second kappa shape index (κ2) is 5.79. The zero-order chi connectivity index (χ0) is 19.0. The molecule has 0 radical (unpaired) electrons. The van der Waals surface area contributed by atoms with E-state index in [1.807, 2.05) is 6.08 Å². The van der Waals surface area contributed by atoms with Crippen molar-refractivity contribution >= 4 is 11.8 Å². The van der Waals surface area contributed by atoms with Crippen molar-refractivity contribution in [3.8, 4) is 0 Å². The molecule has 0 amide bonds. The summed E-state index contributed by atoms with van der Waals surface area (Å²) < 4.78 is 11.1. The number of hydrogen-bond donors (Lipinski definition) is 0. The molecule has 0 aromatic carbocycles. The Morgan fingerprint density at radius 2 is 2.04 bits per heavy atom. The van der Waals surface area contributed by atoms with Crippen LogP contribution in [0.2, 0.25) is 0 Å². The average Bonchev–Trinajstić information content (AvgIpc) is 3.44. The summed E-state index contributed by atoms with van der Waals surface area (Å²) in [5, 5.41) is 0. The van der Waals surface area contributed by atoms with Crippen LogP contribution in [0.5, 0.6) is 0 Å². The van der Waals surface area contributed by atoms with Crippen LogP contribution in [0.1, 0.15) is 52.9 Å². The fourth-order valence-corrected chi connectivity index (χ4v) is 7.15. The Morgan fingerprint density at radius 1 is 1.26 bits per heavy atom. The van der Waals surface area contributed by atoms with Gasteiger partial charge in [-0.1, -0.05) is 32.4 Å². The van der Waals surface area contributed by atoms with Crippen LogP contribution >= 0.6 is 0 Å². The van der Waals surface area contributed by atoms with E-state index in [1.54, 1.807) is 6.08 Å². The maximum atomic E-state index is 12.3. The first kappa shape index (κ1) is 17.7. The molecule has 0 N–H and O–H groups in total. The number of ketones is 1. The number of ether oxygens (including phenoxy) is 2. The third-order valence-corrected chi connectivity index (χ3v) is 8.63. The molecule has 4 aliphatic carbocycles. The molecular weight excluding hydrogens is 340 g/mol. The standard InChI is InChI=1S/C23H30O4/c1-13-10-18-16-5-4-14-11-15(24)6-8-22(14,2)17(16)7-9-23(18,3)20(13)27-21(25)19-12-26-19/h6,8,11,13,16-20H,4-5,7,9-10,12H2,1-3H3/t13-,16-,17+,18+,19?,20-,22+,23+/m1/s1.